The van der Waals surface area contributed by atoms with Crippen molar-refractivity contribution in [2.45, 2.75) is 48.4 Å². The van der Waals surface area contributed by atoms with Crippen LogP contribution in [0.15, 0.2) is 16.1 Å². The highest BCUT2D eigenvalue weighted by Gasteiger charge is 2.55. The monoisotopic (exact) mass is 306 g/mol. The van der Waals surface area contributed by atoms with Crippen molar-refractivity contribution < 1.29 is 5.11 Å². The second kappa shape index (κ2) is 4.10. The zero-order valence-corrected chi connectivity index (χ0v) is 13.0. The van der Waals surface area contributed by atoms with Crippen molar-refractivity contribution in [3.05, 3.63) is 16.7 Å². The smallest absolute Gasteiger partial charge is 0.330 e. The van der Waals surface area contributed by atoms with Crippen LogP contribution in [-0.4, -0.2) is 36.1 Å². The first kappa shape index (κ1) is 13.3. The Kier molecular flexibility index (Phi) is 2.60. The van der Waals surface area contributed by atoms with Crippen molar-refractivity contribution in [1.82, 2.24) is 19.1 Å². The highest BCUT2D eigenvalue weighted by molar-refractivity contribution is 7.98. The zero-order valence-electron chi connectivity index (χ0n) is 12.2. The molecule has 112 valence electrons. The van der Waals surface area contributed by atoms with Crippen LogP contribution in [0.5, 0.6) is 0 Å². The highest BCUT2D eigenvalue weighted by atomic mass is 32.2. The van der Waals surface area contributed by atoms with Crippen molar-refractivity contribution in [3.8, 4) is 0 Å². The summed E-state index contributed by atoms with van der Waals surface area (Å²) in [5.74, 6) is 0. The molecule has 2 aliphatic carbocycles. The van der Waals surface area contributed by atoms with E-state index in [-0.39, 0.29) is 11.2 Å². The largest absolute Gasteiger partial charge is 0.390 e. The van der Waals surface area contributed by atoms with Crippen molar-refractivity contribution in [2.75, 3.05) is 6.26 Å². The molecule has 0 amide bonds. The summed E-state index contributed by atoms with van der Waals surface area (Å²) in [7, 11) is 1.76. The summed E-state index contributed by atoms with van der Waals surface area (Å²) in [6.45, 7) is 0. The van der Waals surface area contributed by atoms with E-state index in [0.29, 0.717) is 17.2 Å². The number of imidazole rings is 1. The minimum absolute atomic E-state index is 0.0521. The Morgan fingerprint density at radius 2 is 2.05 bits per heavy atom. The average molecular weight is 306 g/mol. The van der Waals surface area contributed by atoms with E-state index in [2.05, 4.69) is 9.97 Å². The molecule has 0 saturated heterocycles. The van der Waals surface area contributed by atoms with Gasteiger partial charge >= 0.3 is 5.69 Å². The van der Waals surface area contributed by atoms with Crippen LogP contribution in [0.4, 0.5) is 0 Å². The summed E-state index contributed by atoms with van der Waals surface area (Å²) < 4.78 is 3.44. The molecule has 0 atom stereocenters. The van der Waals surface area contributed by atoms with Gasteiger partial charge in [-0.15, -0.1) is 0 Å². The summed E-state index contributed by atoms with van der Waals surface area (Å²) in [4.78, 5) is 21.6. The number of aliphatic hydroxyl groups is 1. The van der Waals surface area contributed by atoms with E-state index < -0.39 is 5.60 Å². The normalized spacial score (nSPS) is 31.4. The van der Waals surface area contributed by atoms with Crippen LogP contribution >= 0.6 is 11.8 Å². The van der Waals surface area contributed by atoms with Gasteiger partial charge < -0.3 is 5.11 Å². The quantitative estimate of drug-likeness (QED) is 0.668. The molecule has 2 saturated carbocycles. The Morgan fingerprint density at radius 1 is 1.33 bits per heavy atom. The molecule has 2 fully saturated rings. The van der Waals surface area contributed by atoms with Crippen LogP contribution in [0.2, 0.25) is 0 Å². The first-order valence-electron chi connectivity index (χ1n) is 7.19. The van der Waals surface area contributed by atoms with E-state index in [4.69, 9.17) is 0 Å². The zero-order chi connectivity index (χ0) is 14.8. The molecule has 0 unspecified atom stereocenters. The van der Waals surface area contributed by atoms with Gasteiger partial charge in [-0.1, -0.05) is 11.8 Å². The molecule has 2 aromatic heterocycles. The number of hydrogen-bond acceptors (Lipinski definition) is 5. The summed E-state index contributed by atoms with van der Waals surface area (Å²) in [6.07, 6.45) is 7.56. The fraction of sp³-hybridized carbons (Fsp3) is 0.643. The first-order chi connectivity index (χ1) is 9.98. The van der Waals surface area contributed by atoms with Gasteiger partial charge in [0.2, 0.25) is 0 Å². The lowest BCUT2D eigenvalue weighted by Crippen LogP contribution is -2.38. The lowest BCUT2D eigenvalue weighted by Gasteiger charge is -2.27. The van der Waals surface area contributed by atoms with Gasteiger partial charge in [-0.25, -0.2) is 14.8 Å². The first-order valence-corrected chi connectivity index (χ1v) is 8.42. The topological polar surface area (TPSA) is 72.9 Å². The van der Waals surface area contributed by atoms with E-state index in [9.17, 15) is 9.90 Å². The van der Waals surface area contributed by atoms with Crippen LogP contribution in [0.3, 0.4) is 0 Å². The third-order valence-corrected chi connectivity index (χ3v) is 5.77. The van der Waals surface area contributed by atoms with Crippen LogP contribution in [0.25, 0.3) is 11.2 Å². The maximum atomic E-state index is 12.7. The van der Waals surface area contributed by atoms with Crippen molar-refractivity contribution in [1.29, 1.82) is 0 Å². The van der Waals surface area contributed by atoms with E-state index in [1.807, 2.05) is 10.8 Å². The third kappa shape index (κ3) is 1.67. The van der Waals surface area contributed by atoms with Gasteiger partial charge in [-0.05, 0) is 38.4 Å². The minimum Gasteiger partial charge on any atom is -0.390 e. The van der Waals surface area contributed by atoms with E-state index in [0.717, 1.165) is 31.2 Å². The average Bonchev–Trinajstić information content (AvgIpc) is 3.07. The lowest BCUT2D eigenvalue weighted by atomic mass is 9.92. The predicted octanol–water partition coefficient (Wildman–Crippen LogP) is 1.26. The third-order valence-electron chi connectivity index (χ3n) is 5.21. The molecule has 2 bridgehead atoms. The van der Waals surface area contributed by atoms with E-state index >= 15 is 0 Å². The predicted molar refractivity (Wildman–Crippen MR) is 80.6 cm³/mol. The molecule has 21 heavy (non-hydrogen) atoms. The Morgan fingerprint density at radius 3 is 2.62 bits per heavy atom. The number of aryl methyl sites for hydroxylation is 1. The summed E-state index contributed by atoms with van der Waals surface area (Å²) in [5, 5.41) is 11.2. The van der Waals surface area contributed by atoms with Crippen LogP contribution < -0.4 is 5.69 Å². The van der Waals surface area contributed by atoms with Gasteiger partial charge in [0.25, 0.3) is 0 Å². The van der Waals surface area contributed by atoms with Crippen LogP contribution in [0.1, 0.15) is 32.1 Å². The molecule has 7 heteroatoms. The van der Waals surface area contributed by atoms with Crippen LogP contribution in [-0.2, 0) is 12.6 Å². The maximum Gasteiger partial charge on any atom is 0.330 e. The maximum absolute atomic E-state index is 12.7. The number of rotatable bonds is 2. The number of hydrogen-bond donors (Lipinski definition) is 1. The Balaban J connectivity index is 2.01. The van der Waals surface area contributed by atoms with Gasteiger partial charge in [-0.2, -0.15) is 0 Å². The highest BCUT2D eigenvalue weighted by Crippen LogP contribution is 2.54. The van der Waals surface area contributed by atoms with Crippen molar-refractivity contribution in [3.63, 3.8) is 0 Å². The van der Waals surface area contributed by atoms with Gasteiger partial charge in [-0.3, -0.25) is 9.13 Å². The molecular formula is C14H18N4O2S. The van der Waals surface area contributed by atoms with Gasteiger partial charge in [0.15, 0.2) is 10.8 Å². The molecule has 2 heterocycles. The molecule has 0 aliphatic heterocycles. The Bertz CT molecular complexity index is 786. The Hall–Kier alpha value is -1.34. The molecular weight excluding hydrogens is 288 g/mol. The molecule has 0 radical (unpaired) electrons. The number of fused-ring (bicyclic) bond motifs is 3. The molecule has 6 nitrogen and oxygen atoms in total. The summed E-state index contributed by atoms with van der Waals surface area (Å²) in [6, 6.07) is 0. The fourth-order valence-electron chi connectivity index (χ4n) is 4.07. The molecule has 2 aliphatic rings. The molecule has 0 spiro atoms. The van der Waals surface area contributed by atoms with Gasteiger partial charge in [0.1, 0.15) is 5.52 Å². The fourth-order valence-corrected chi connectivity index (χ4v) is 4.41. The molecule has 2 aromatic rings. The second-order valence-electron chi connectivity index (χ2n) is 6.37. The second-order valence-corrected chi connectivity index (χ2v) is 7.14. The number of thioether (sulfide) groups is 1. The lowest BCUT2D eigenvalue weighted by molar-refractivity contribution is 0.0521. The van der Waals surface area contributed by atoms with Crippen molar-refractivity contribution in [2.24, 2.45) is 7.05 Å². The van der Waals surface area contributed by atoms with Gasteiger partial charge in [0, 0.05) is 7.05 Å². The summed E-state index contributed by atoms with van der Waals surface area (Å²) in [5.41, 5.74) is 0.554. The number of aromatic nitrogens is 4. The Labute approximate surface area is 126 Å². The summed E-state index contributed by atoms with van der Waals surface area (Å²) >= 11 is 1.47. The van der Waals surface area contributed by atoms with Crippen molar-refractivity contribution >= 4 is 22.9 Å². The van der Waals surface area contributed by atoms with E-state index in [1.54, 1.807) is 17.8 Å². The van der Waals surface area contributed by atoms with Gasteiger partial charge in [0.05, 0.1) is 17.3 Å². The molecule has 1 N–H and O–H groups in total. The minimum atomic E-state index is -0.586. The SMILES string of the molecule is CSc1ncc2c(n1)n(C13CCC(O)(CC1)C3)c(=O)n2C. The number of nitrogens with zero attached hydrogens (tertiary/aromatic N) is 4. The molecule has 4 rings (SSSR count). The standard InChI is InChI=1S/C14H18N4O2S/c1-17-9-7-15-11(21-2)16-10(9)18(12(17)19)13-3-5-14(20,8-13)6-4-13/h7,20H,3-6,8H2,1-2H3. The van der Waals surface area contributed by atoms with E-state index in [1.165, 1.54) is 11.8 Å². The molecule has 0 aromatic carbocycles. The van der Waals surface area contributed by atoms with Crippen LogP contribution in [0, 0.1) is 0 Å².